The fourth-order valence-corrected chi connectivity index (χ4v) is 6.60. The third-order valence-corrected chi connectivity index (χ3v) is 9.20. The number of carbonyl (C=O) groups is 1. The predicted octanol–water partition coefficient (Wildman–Crippen LogP) is 7.04. The Morgan fingerprint density at radius 3 is 2.41 bits per heavy atom. The van der Waals surface area contributed by atoms with Crippen LogP contribution in [0.4, 0.5) is 29.3 Å². The van der Waals surface area contributed by atoms with Gasteiger partial charge in [0.15, 0.2) is 11.6 Å². The lowest BCUT2D eigenvalue weighted by Gasteiger charge is -2.39. The van der Waals surface area contributed by atoms with Crippen LogP contribution in [0.5, 0.6) is 11.6 Å². The second-order valence-electron chi connectivity index (χ2n) is 12.6. The van der Waals surface area contributed by atoms with E-state index >= 15 is 0 Å². The van der Waals surface area contributed by atoms with Crippen LogP contribution in [0.3, 0.4) is 0 Å². The molecule has 13 heteroatoms. The number of rotatable bonds is 10. The molecule has 6 rings (SSSR count). The highest BCUT2D eigenvalue weighted by Gasteiger charge is 2.46. The van der Waals surface area contributed by atoms with E-state index in [1.54, 1.807) is 42.5 Å². The first-order valence-electron chi connectivity index (χ1n) is 16.2. The van der Waals surface area contributed by atoms with Gasteiger partial charge in [-0.05, 0) is 71.6 Å². The number of ether oxygens (including phenoxy) is 2. The maximum absolute atomic E-state index is 14.9. The minimum atomic E-state index is -4.86. The summed E-state index contributed by atoms with van der Waals surface area (Å²) in [4.78, 5) is 21.7. The van der Waals surface area contributed by atoms with E-state index in [9.17, 15) is 27.5 Å². The van der Waals surface area contributed by atoms with Gasteiger partial charge in [-0.2, -0.15) is 23.1 Å². The summed E-state index contributed by atoms with van der Waals surface area (Å²) in [5.41, 5.74) is 7.39. The molecule has 3 heterocycles. The molecule has 258 valence electrons. The zero-order valence-electron chi connectivity index (χ0n) is 26.8. The first kappa shape index (κ1) is 34.0. The lowest BCUT2D eigenvalue weighted by molar-refractivity contribution is -0.198. The maximum atomic E-state index is 14.9. The van der Waals surface area contributed by atoms with Crippen LogP contribution in [0.25, 0.3) is 22.3 Å². The Bertz CT molecular complexity index is 1800. The summed E-state index contributed by atoms with van der Waals surface area (Å²) in [6, 6.07) is 18.2. The lowest BCUT2D eigenvalue weighted by atomic mass is 9.76. The molecule has 0 radical (unpaired) electrons. The first-order valence-corrected chi connectivity index (χ1v) is 16.2. The molecule has 0 bridgehead atoms. The quantitative estimate of drug-likeness (QED) is 0.152. The highest BCUT2D eigenvalue weighted by Crippen LogP contribution is 2.44. The molecule has 0 amide bonds. The van der Waals surface area contributed by atoms with E-state index in [1.165, 1.54) is 30.3 Å². The van der Waals surface area contributed by atoms with Gasteiger partial charge < -0.3 is 30.5 Å². The number of nitrogens with one attached hydrogen (secondary N) is 1. The first-order chi connectivity index (χ1) is 23.4. The monoisotopic (exact) mass is 679 g/mol. The molecule has 9 nitrogen and oxygen atoms in total. The van der Waals surface area contributed by atoms with Gasteiger partial charge >= 0.3 is 12.1 Å². The van der Waals surface area contributed by atoms with Crippen molar-refractivity contribution in [3.63, 3.8) is 0 Å². The Labute approximate surface area is 281 Å². The second kappa shape index (κ2) is 13.9. The van der Waals surface area contributed by atoms with E-state index < -0.39 is 30.1 Å². The van der Waals surface area contributed by atoms with Crippen molar-refractivity contribution in [2.45, 2.75) is 50.9 Å². The second-order valence-corrected chi connectivity index (χ2v) is 12.6. The fourth-order valence-electron chi connectivity index (χ4n) is 6.60. The van der Waals surface area contributed by atoms with Crippen LogP contribution in [0.2, 0.25) is 0 Å². The topological polar surface area (TPSA) is 123 Å². The third-order valence-electron chi connectivity index (χ3n) is 9.20. The molecule has 1 aromatic heterocycles. The summed E-state index contributed by atoms with van der Waals surface area (Å²) in [6.07, 6.45) is -4.70. The summed E-state index contributed by atoms with van der Waals surface area (Å²) < 4.78 is 70.7. The zero-order chi connectivity index (χ0) is 34.8. The number of benzene rings is 3. The van der Waals surface area contributed by atoms with E-state index in [2.05, 4.69) is 15.3 Å². The number of aromatic nitrogens is 2. The van der Waals surface area contributed by atoms with Gasteiger partial charge in [0.2, 0.25) is 17.9 Å². The summed E-state index contributed by atoms with van der Waals surface area (Å²) in [5, 5.41) is 12.5. The molecule has 4 aromatic rings. The number of carboxylic acid groups (broad SMARTS) is 1. The standard InChI is InChI=1S/C36H37F4N5O4/c1-2-16-48-29-11-9-24(18-27(29)37)23-8-10-25(26(17-23)22-6-4-3-5-7-22)32(36(38,39)40)49-31-19-30(43-34(41)44-31)45-14-12-35(13-15-45)20-28(33(46)47)42-21-35/h3-11,17-19,28,32,42H,2,12-16,20-21H2,1H3,(H,46,47)(H2,41,43,44)/t28-,32+/m0/s1. The number of piperidine rings is 1. The minimum absolute atomic E-state index is 0.103. The van der Waals surface area contributed by atoms with Gasteiger partial charge in [-0.15, -0.1) is 0 Å². The van der Waals surface area contributed by atoms with Crippen molar-refractivity contribution < 1.29 is 36.9 Å². The Balaban J connectivity index is 1.30. The van der Waals surface area contributed by atoms with E-state index in [1.807, 2.05) is 11.8 Å². The number of nitrogens with two attached hydrogens (primary N) is 1. The molecular weight excluding hydrogens is 642 g/mol. The summed E-state index contributed by atoms with van der Waals surface area (Å²) in [7, 11) is 0. The third kappa shape index (κ3) is 7.56. The lowest BCUT2D eigenvalue weighted by Crippen LogP contribution is -2.41. The van der Waals surface area contributed by atoms with Crippen molar-refractivity contribution in [1.82, 2.24) is 15.3 Å². The van der Waals surface area contributed by atoms with Crippen LogP contribution < -0.4 is 25.4 Å². The number of halogens is 4. The van der Waals surface area contributed by atoms with Crippen molar-refractivity contribution >= 4 is 17.7 Å². The largest absolute Gasteiger partial charge is 0.491 e. The normalized spacial score (nSPS) is 18.0. The Morgan fingerprint density at radius 1 is 1.04 bits per heavy atom. The van der Waals surface area contributed by atoms with Gasteiger partial charge in [0.05, 0.1) is 6.61 Å². The van der Waals surface area contributed by atoms with Gasteiger partial charge in [0.25, 0.3) is 0 Å². The number of aliphatic carboxylic acids is 1. The van der Waals surface area contributed by atoms with Crippen LogP contribution in [-0.2, 0) is 4.79 Å². The summed E-state index contributed by atoms with van der Waals surface area (Å²) in [6.45, 7) is 3.87. The smallest absolute Gasteiger partial charge is 0.429 e. The molecule has 4 N–H and O–H groups in total. The van der Waals surface area contributed by atoms with Gasteiger partial charge in [-0.1, -0.05) is 55.5 Å². The van der Waals surface area contributed by atoms with E-state index in [0.29, 0.717) is 74.4 Å². The number of hydrogen-bond donors (Lipinski definition) is 3. The van der Waals surface area contributed by atoms with Gasteiger partial charge in [0, 0.05) is 31.3 Å². The number of nitrogen functional groups attached to an aromatic ring is 1. The molecule has 2 aliphatic rings. The molecule has 2 atom stereocenters. The van der Waals surface area contributed by atoms with Crippen molar-refractivity contribution in [3.8, 4) is 33.9 Å². The average molecular weight is 680 g/mol. The van der Waals surface area contributed by atoms with Crippen LogP contribution in [0.15, 0.2) is 72.8 Å². The molecule has 49 heavy (non-hydrogen) atoms. The highest BCUT2D eigenvalue weighted by atomic mass is 19.4. The summed E-state index contributed by atoms with van der Waals surface area (Å²) in [5.74, 6) is -1.61. The van der Waals surface area contributed by atoms with E-state index in [0.717, 1.165) is 0 Å². The predicted molar refractivity (Wildman–Crippen MR) is 177 cm³/mol. The van der Waals surface area contributed by atoms with Gasteiger partial charge in [0.1, 0.15) is 11.9 Å². The Morgan fingerprint density at radius 2 is 1.76 bits per heavy atom. The number of carboxylic acids is 1. The minimum Gasteiger partial charge on any atom is -0.491 e. The number of hydrogen-bond acceptors (Lipinski definition) is 8. The van der Waals surface area contributed by atoms with Crippen LogP contribution in [0.1, 0.15) is 44.3 Å². The van der Waals surface area contributed by atoms with Crippen LogP contribution in [-0.4, -0.2) is 59.5 Å². The zero-order valence-corrected chi connectivity index (χ0v) is 26.8. The SMILES string of the molecule is CCCOc1ccc(-c2ccc([C@@H](Oc3cc(N4CCC5(CC4)CN[C@H](C(=O)O)C5)nc(N)n3)C(F)(F)F)c(-c3ccccc3)c2)cc1F. The number of nitrogens with zero attached hydrogens (tertiary/aromatic N) is 3. The molecule has 1 spiro atoms. The summed E-state index contributed by atoms with van der Waals surface area (Å²) >= 11 is 0. The molecular formula is C36H37F4N5O4. The van der Waals surface area contributed by atoms with Gasteiger partial charge in [-0.3, -0.25) is 4.79 Å². The fraction of sp³-hybridized carbons (Fsp3) is 0.361. The van der Waals surface area contributed by atoms with Gasteiger partial charge in [-0.25, -0.2) is 4.39 Å². The average Bonchev–Trinajstić information content (AvgIpc) is 3.50. The van der Waals surface area contributed by atoms with Crippen molar-refractivity contribution in [3.05, 3.63) is 84.2 Å². The molecule has 0 aliphatic carbocycles. The van der Waals surface area contributed by atoms with Crippen molar-refractivity contribution in [1.29, 1.82) is 0 Å². The van der Waals surface area contributed by atoms with E-state index in [-0.39, 0.29) is 34.1 Å². The molecule has 2 aliphatic heterocycles. The van der Waals surface area contributed by atoms with Crippen molar-refractivity contribution in [2.24, 2.45) is 5.41 Å². The molecule has 0 saturated carbocycles. The van der Waals surface area contributed by atoms with Crippen LogP contribution in [0, 0.1) is 11.2 Å². The van der Waals surface area contributed by atoms with Crippen molar-refractivity contribution in [2.75, 3.05) is 36.9 Å². The number of anilines is 2. The molecule has 3 aromatic carbocycles. The molecule has 2 saturated heterocycles. The van der Waals surface area contributed by atoms with Crippen LogP contribution >= 0.6 is 0 Å². The maximum Gasteiger partial charge on any atom is 0.429 e. The number of alkyl halides is 3. The molecule has 0 unspecified atom stereocenters. The Kier molecular flexibility index (Phi) is 9.64. The highest BCUT2D eigenvalue weighted by molar-refractivity contribution is 5.76. The van der Waals surface area contributed by atoms with E-state index in [4.69, 9.17) is 15.2 Å². The Hall–Kier alpha value is -4.91. The molecule has 2 fully saturated rings.